The van der Waals surface area contributed by atoms with Gasteiger partial charge in [-0.05, 0) is 66.5 Å². The molecule has 3 atom stereocenters. The van der Waals surface area contributed by atoms with Crippen molar-refractivity contribution >= 4 is 0 Å². The summed E-state index contributed by atoms with van der Waals surface area (Å²) in [5.41, 5.74) is 2.39. The molecule has 1 aliphatic carbocycles. The van der Waals surface area contributed by atoms with Crippen molar-refractivity contribution in [3.63, 3.8) is 0 Å². The van der Waals surface area contributed by atoms with Crippen LogP contribution in [0, 0.1) is 5.92 Å². The minimum atomic E-state index is -0.220. The van der Waals surface area contributed by atoms with E-state index >= 15 is 0 Å². The molecule has 2 nitrogen and oxygen atoms in total. The molecule has 0 aromatic heterocycles. The van der Waals surface area contributed by atoms with E-state index in [4.69, 9.17) is 0 Å². The quantitative estimate of drug-likeness (QED) is 0.430. The molecule has 0 bridgehead atoms. The van der Waals surface area contributed by atoms with Gasteiger partial charge < -0.3 is 10.2 Å². The van der Waals surface area contributed by atoms with Gasteiger partial charge in [0, 0.05) is 0 Å². The minimum absolute atomic E-state index is 0.0947. The fraction of sp³-hybridized carbons (Fsp3) is 0.760. The molecule has 0 saturated heterocycles. The molecule has 2 heteroatoms. The first kappa shape index (κ1) is 22.3. The molecule has 1 saturated carbocycles. The summed E-state index contributed by atoms with van der Waals surface area (Å²) in [5.74, 6) is 1.32. The van der Waals surface area contributed by atoms with Crippen molar-refractivity contribution in [2.75, 3.05) is 0 Å². The molecule has 1 fully saturated rings. The van der Waals surface area contributed by atoms with Gasteiger partial charge >= 0.3 is 0 Å². The van der Waals surface area contributed by atoms with Crippen LogP contribution in [0.1, 0.15) is 115 Å². The lowest BCUT2D eigenvalue weighted by Crippen LogP contribution is -2.26. The molecule has 0 aliphatic heterocycles. The van der Waals surface area contributed by atoms with Gasteiger partial charge in [-0.25, -0.2) is 0 Å². The molecule has 1 aliphatic rings. The largest absolute Gasteiger partial charge is 0.508 e. The Bertz CT molecular complexity index is 561. The van der Waals surface area contributed by atoms with Gasteiger partial charge in [-0.1, -0.05) is 78.4 Å². The molecule has 2 N–H and O–H groups in total. The number of hydrogen-bond acceptors (Lipinski definition) is 2. The molecular weight excluding hydrogens is 332 g/mol. The lowest BCUT2D eigenvalue weighted by Gasteiger charge is -2.35. The molecule has 27 heavy (non-hydrogen) atoms. The monoisotopic (exact) mass is 374 g/mol. The molecule has 0 radical (unpaired) electrons. The van der Waals surface area contributed by atoms with Gasteiger partial charge in [-0.15, -0.1) is 0 Å². The van der Waals surface area contributed by atoms with Gasteiger partial charge in [0.2, 0.25) is 0 Å². The van der Waals surface area contributed by atoms with Crippen molar-refractivity contribution in [1.82, 2.24) is 0 Å². The molecular formula is C25H42O2. The number of benzene rings is 1. The zero-order valence-electron chi connectivity index (χ0n) is 18.1. The molecule has 154 valence electrons. The van der Waals surface area contributed by atoms with Crippen LogP contribution in [0.4, 0.5) is 0 Å². The summed E-state index contributed by atoms with van der Waals surface area (Å²) in [5, 5.41) is 21.1. The molecule has 2 rings (SSSR count). The predicted molar refractivity (Wildman–Crippen MR) is 116 cm³/mol. The highest BCUT2D eigenvalue weighted by atomic mass is 16.3. The number of aliphatic hydroxyl groups is 1. The van der Waals surface area contributed by atoms with E-state index in [-0.39, 0.29) is 11.5 Å². The zero-order chi connectivity index (χ0) is 19.9. The van der Waals surface area contributed by atoms with Gasteiger partial charge in [-0.2, -0.15) is 0 Å². The van der Waals surface area contributed by atoms with E-state index in [9.17, 15) is 10.2 Å². The van der Waals surface area contributed by atoms with Crippen molar-refractivity contribution in [1.29, 1.82) is 0 Å². The van der Waals surface area contributed by atoms with Crippen molar-refractivity contribution < 1.29 is 10.2 Å². The Balaban J connectivity index is 2.13. The average molecular weight is 375 g/mol. The van der Waals surface area contributed by atoms with E-state index in [0.717, 1.165) is 31.2 Å². The third-order valence-corrected chi connectivity index (χ3v) is 6.76. The summed E-state index contributed by atoms with van der Waals surface area (Å²) in [6.45, 7) is 9.07. The lowest BCUT2D eigenvalue weighted by molar-refractivity contribution is 0.0897. The van der Waals surface area contributed by atoms with E-state index < -0.39 is 0 Å². The van der Waals surface area contributed by atoms with Gasteiger partial charge in [0.1, 0.15) is 5.75 Å². The van der Waals surface area contributed by atoms with E-state index in [1.807, 2.05) is 6.07 Å². The van der Waals surface area contributed by atoms with Crippen molar-refractivity contribution in [2.24, 2.45) is 5.92 Å². The SMILES string of the molecule is CCCCCCC(C)(C)c1ccc([C@H]2C[C@H](O)CC[C@@H]2CCCC)c(O)c1. The van der Waals surface area contributed by atoms with Crippen LogP contribution in [0.5, 0.6) is 5.75 Å². The van der Waals surface area contributed by atoms with E-state index in [1.54, 1.807) is 0 Å². The Labute approximate surface area is 167 Å². The van der Waals surface area contributed by atoms with Crippen LogP contribution in [0.3, 0.4) is 0 Å². The van der Waals surface area contributed by atoms with Crippen LogP contribution in [0.15, 0.2) is 18.2 Å². The summed E-state index contributed by atoms with van der Waals surface area (Å²) in [6, 6.07) is 6.39. The number of rotatable bonds is 10. The maximum atomic E-state index is 10.9. The summed E-state index contributed by atoms with van der Waals surface area (Å²) in [6.07, 6.45) is 12.5. The van der Waals surface area contributed by atoms with E-state index in [1.165, 1.54) is 50.5 Å². The maximum absolute atomic E-state index is 10.9. The smallest absolute Gasteiger partial charge is 0.119 e. The number of aromatic hydroxyl groups is 1. The second-order valence-corrected chi connectivity index (χ2v) is 9.44. The second-order valence-electron chi connectivity index (χ2n) is 9.44. The molecule has 0 heterocycles. The lowest BCUT2D eigenvalue weighted by atomic mass is 9.71. The average Bonchev–Trinajstić information content (AvgIpc) is 2.64. The van der Waals surface area contributed by atoms with Crippen LogP contribution in [0.2, 0.25) is 0 Å². The maximum Gasteiger partial charge on any atom is 0.119 e. The van der Waals surface area contributed by atoms with Gasteiger partial charge in [0.05, 0.1) is 6.10 Å². The summed E-state index contributed by atoms with van der Waals surface area (Å²) in [7, 11) is 0. The number of phenolic OH excluding ortho intramolecular Hbond substituents is 1. The number of hydrogen-bond donors (Lipinski definition) is 2. The molecule has 1 aromatic rings. The number of unbranched alkanes of at least 4 members (excludes halogenated alkanes) is 4. The number of phenols is 1. The Kier molecular flexibility index (Phi) is 8.66. The van der Waals surface area contributed by atoms with Crippen LogP contribution in [-0.2, 0) is 5.41 Å². The zero-order valence-corrected chi connectivity index (χ0v) is 18.1. The molecule has 0 amide bonds. The van der Waals surface area contributed by atoms with Gasteiger partial charge in [0.25, 0.3) is 0 Å². The Hall–Kier alpha value is -1.02. The first-order chi connectivity index (χ1) is 12.9. The standard InChI is InChI=1S/C25H42O2/c1-5-7-9-10-16-25(3,4)20-13-15-22(24(27)17-20)23-18-21(26)14-12-19(23)11-8-6-2/h13,15,17,19,21,23,26-27H,5-12,14,16,18H2,1-4H3/t19-,21+,23-/m0/s1. The first-order valence-corrected chi connectivity index (χ1v) is 11.4. The summed E-state index contributed by atoms with van der Waals surface area (Å²) in [4.78, 5) is 0. The Morgan fingerprint density at radius 2 is 1.74 bits per heavy atom. The summed E-state index contributed by atoms with van der Waals surface area (Å²) >= 11 is 0. The van der Waals surface area contributed by atoms with Gasteiger partial charge in [0.15, 0.2) is 0 Å². The highest BCUT2D eigenvalue weighted by Crippen LogP contribution is 2.44. The highest BCUT2D eigenvalue weighted by Gasteiger charge is 2.32. The second kappa shape index (κ2) is 10.5. The molecule has 1 aromatic carbocycles. The van der Waals surface area contributed by atoms with Crippen molar-refractivity contribution in [3.8, 4) is 5.75 Å². The van der Waals surface area contributed by atoms with Gasteiger partial charge in [-0.3, -0.25) is 0 Å². The van der Waals surface area contributed by atoms with Crippen LogP contribution in [0.25, 0.3) is 0 Å². The van der Waals surface area contributed by atoms with Crippen LogP contribution < -0.4 is 0 Å². The summed E-state index contributed by atoms with van der Waals surface area (Å²) < 4.78 is 0. The van der Waals surface area contributed by atoms with Crippen LogP contribution >= 0.6 is 0 Å². The predicted octanol–water partition coefficient (Wildman–Crippen LogP) is 7.08. The fourth-order valence-electron chi connectivity index (χ4n) is 4.82. The molecule has 0 unspecified atom stereocenters. The Morgan fingerprint density at radius 3 is 2.41 bits per heavy atom. The first-order valence-electron chi connectivity index (χ1n) is 11.4. The van der Waals surface area contributed by atoms with E-state index in [2.05, 4.69) is 39.8 Å². The van der Waals surface area contributed by atoms with E-state index in [0.29, 0.717) is 17.6 Å². The Morgan fingerprint density at radius 1 is 1.00 bits per heavy atom. The third-order valence-electron chi connectivity index (χ3n) is 6.76. The third kappa shape index (κ3) is 6.24. The van der Waals surface area contributed by atoms with Crippen molar-refractivity contribution in [2.45, 2.75) is 116 Å². The normalized spacial score (nSPS) is 23.5. The molecule has 0 spiro atoms. The minimum Gasteiger partial charge on any atom is -0.508 e. The topological polar surface area (TPSA) is 40.5 Å². The highest BCUT2D eigenvalue weighted by molar-refractivity contribution is 5.42. The van der Waals surface area contributed by atoms with Crippen LogP contribution in [-0.4, -0.2) is 16.3 Å². The van der Waals surface area contributed by atoms with Crippen molar-refractivity contribution in [3.05, 3.63) is 29.3 Å². The number of aliphatic hydroxyl groups excluding tert-OH is 1. The fourth-order valence-corrected chi connectivity index (χ4v) is 4.82.